The molecule has 0 fully saturated rings. The van der Waals surface area contributed by atoms with Crippen molar-refractivity contribution in [2.75, 3.05) is 13.7 Å². The van der Waals surface area contributed by atoms with Gasteiger partial charge >= 0.3 is 5.97 Å². The molecule has 148 valence electrons. The summed E-state index contributed by atoms with van der Waals surface area (Å²) in [6, 6.07) is 7.55. The van der Waals surface area contributed by atoms with E-state index in [2.05, 4.69) is 20.5 Å². The van der Waals surface area contributed by atoms with Gasteiger partial charge in [0, 0.05) is 6.54 Å². The minimum atomic E-state index is -0.923. The minimum absolute atomic E-state index is 0.225. The van der Waals surface area contributed by atoms with Crippen molar-refractivity contribution in [2.24, 2.45) is 16.6 Å². The molecular formula is C16H24N6O5. The van der Waals surface area contributed by atoms with E-state index >= 15 is 0 Å². The molecule has 0 aliphatic heterocycles. The number of rotatable bonds is 10. The summed E-state index contributed by atoms with van der Waals surface area (Å²) in [4.78, 5) is 34.3. The second kappa shape index (κ2) is 11.4. The Hall–Kier alpha value is -3.21. The van der Waals surface area contributed by atoms with E-state index in [4.69, 9.17) is 11.5 Å². The van der Waals surface area contributed by atoms with Gasteiger partial charge in [-0.15, -0.1) is 0 Å². The maximum Gasteiger partial charge on any atom is 0.328 e. The molecule has 0 aromatic heterocycles. The summed E-state index contributed by atoms with van der Waals surface area (Å²) in [5, 5.41) is 17.2. The van der Waals surface area contributed by atoms with Gasteiger partial charge in [0.05, 0.1) is 13.2 Å². The number of guanidine groups is 1. The molecule has 27 heavy (non-hydrogen) atoms. The molecule has 0 saturated carbocycles. The molecule has 0 saturated heterocycles. The number of nitrogens with two attached hydrogens (primary N) is 2. The number of benzene rings is 1. The van der Waals surface area contributed by atoms with E-state index in [1.54, 1.807) is 0 Å². The van der Waals surface area contributed by atoms with Crippen molar-refractivity contribution in [2.45, 2.75) is 31.3 Å². The van der Waals surface area contributed by atoms with Crippen LogP contribution >= 0.6 is 0 Å². The van der Waals surface area contributed by atoms with Crippen LogP contribution in [0.25, 0.3) is 0 Å². The molecule has 0 heterocycles. The van der Waals surface area contributed by atoms with Gasteiger partial charge in [0.1, 0.15) is 11.1 Å². The lowest BCUT2D eigenvalue weighted by atomic mass is 10.1. The number of hydrogen-bond acceptors (Lipinski definition) is 6. The average Bonchev–Trinajstić information content (AvgIpc) is 2.63. The largest absolute Gasteiger partial charge is 0.467 e. The molecule has 0 radical (unpaired) electrons. The summed E-state index contributed by atoms with van der Waals surface area (Å²) in [7, 11) is 1.21. The maximum absolute atomic E-state index is 12.3. The highest BCUT2D eigenvalue weighted by Crippen LogP contribution is 2.04. The molecule has 6 N–H and O–H groups in total. The molecule has 2 atom stereocenters. The molecule has 1 rings (SSSR count). The summed E-state index contributed by atoms with van der Waals surface area (Å²) in [5.74, 6) is -1.43. The third-order valence-corrected chi connectivity index (χ3v) is 3.60. The van der Waals surface area contributed by atoms with Crippen LogP contribution in [0.15, 0.2) is 35.4 Å². The van der Waals surface area contributed by atoms with E-state index in [1.807, 2.05) is 30.3 Å². The number of methoxy groups -OCH3 is 1. The summed E-state index contributed by atoms with van der Waals surface area (Å²) in [6.07, 6.45) is 0.938. The Labute approximate surface area is 156 Å². The first-order valence-corrected chi connectivity index (χ1v) is 8.23. The molecule has 1 aromatic carbocycles. The van der Waals surface area contributed by atoms with E-state index in [0.29, 0.717) is 12.8 Å². The zero-order valence-corrected chi connectivity index (χ0v) is 15.0. The molecular weight excluding hydrogens is 356 g/mol. The van der Waals surface area contributed by atoms with Crippen LogP contribution in [-0.2, 0) is 20.7 Å². The topological polar surface area (TPSA) is 175 Å². The van der Waals surface area contributed by atoms with Crippen molar-refractivity contribution in [1.29, 1.82) is 0 Å². The normalized spacial score (nSPS) is 13.3. The Balaban J connectivity index is 2.52. The Kier molecular flexibility index (Phi) is 9.23. The molecule has 0 unspecified atom stereocenters. The number of carbonyl (C=O) groups excluding carboxylic acids is 2. The average molecular weight is 380 g/mol. The third-order valence-electron chi connectivity index (χ3n) is 3.60. The second-order valence-electron chi connectivity index (χ2n) is 5.67. The molecule has 0 spiro atoms. The second-order valence-corrected chi connectivity index (χ2v) is 5.67. The number of nitrogens with zero attached hydrogens (tertiary/aromatic N) is 2. The fourth-order valence-electron chi connectivity index (χ4n) is 2.28. The highest BCUT2D eigenvalue weighted by atomic mass is 16.7. The molecule has 0 bridgehead atoms. The number of ether oxygens (including phenoxy) is 1. The number of nitrogens with one attached hydrogen (secondary N) is 2. The quantitative estimate of drug-likeness (QED) is 0.101. The number of esters is 1. The van der Waals surface area contributed by atoms with Crippen LogP contribution in [0.3, 0.4) is 0 Å². The first-order chi connectivity index (χ1) is 12.8. The predicted molar refractivity (Wildman–Crippen MR) is 97.9 cm³/mol. The lowest BCUT2D eigenvalue weighted by molar-refractivity contribution is -0.485. The Morgan fingerprint density at radius 3 is 2.59 bits per heavy atom. The molecule has 1 aromatic rings. The van der Waals surface area contributed by atoms with Crippen molar-refractivity contribution >= 4 is 17.8 Å². The molecule has 0 aliphatic carbocycles. The van der Waals surface area contributed by atoms with Crippen LogP contribution in [0.2, 0.25) is 0 Å². The number of nitro groups is 1. The van der Waals surface area contributed by atoms with Crippen LogP contribution in [-0.4, -0.2) is 48.6 Å². The predicted octanol–water partition coefficient (Wildman–Crippen LogP) is -0.910. The Bertz CT molecular complexity index is 667. The SMILES string of the molecule is COC(=O)[C@H](CCCN/C(N)=N/[N+](=O)[O-])NC(=O)[C@H](N)Cc1ccccc1. The van der Waals surface area contributed by atoms with Crippen LogP contribution < -0.4 is 22.1 Å². The highest BCUT2D eigenvalue weighted by Gasteiger charge is 2.24. The maximum atomic E-state index is 12.3. The Morgan fingerprint density at radius 1 is 1.33 bits per heavy atom. The van der Waals surface area contributed by atoms with Gasteiger partial charge in [-0.25, -0.2) is 14.9 Å². The number of hydrazone groups is 1. The Morgan fingerprint density at radius 2 is 2.00 bits per heavy atom. The van der Waals surface area contributed by atoms with Gasteiger partial charge in [0.15, 0.2) is 5.03 Å². The van der Waals surface area contributed by atoms with Crippen molar-refractivity contribution in [1.82, 2.24) is 10.6 Å². The van der Waals surface area contributed by atoms with E-state index in [0.717, 1.165) is 5.56 Å². The van der Waals surface area contributed by atoms with Gasteiger partial charge in [-0.2, -0.15) is 0 Å². The molecule has 1 amide bonds. The monoisotopic (exact) mass is 380 g/mol. The molecule has 11 nitrogen and oxygen atoms in total. The first-order valence-electron chi connectivity index (χ1n) is 8.23. The minimum Gasteiger partial charge on any atom is -0.467 e. The number of hydrogen-bond donors (Lipinski definition) is 4. The van der Waals surface area contributed by atoms with Crippen molar-refractivity contribution in [3.63, 3.8) is 0 Å². The summed E-state index contributed by atoms with van der Waals surface area (Å²) in [6.45, 7) is 0.225. The zero-order chi connectivity index (χ0) is 20.2. The van der Waals surface area contributed by atoms with Crippen LogP contribution in [0.4, 0.5) is 0 Å². The standard InChI is InChI=1S/C16H24N6O5/c1-27-15(24)13(8-5-9-19-16(18)21-22(25)26)20-14(23)12(17)10-11-6-3-2-4-7-11/h2-4,6-7,12-13H,5,8-10,17H2,1H3,(H,20,23)(H3,18,19,21)/t12-,13+/m1/s1. The van der Waals surface area contributed by atoms with Gasteiger partial charge in [-0.05, 0) is 24.8 Å². The number of carbonyl (C=O) groups is 2. The highest BCUT2D eigenvalue weighted by molar-refractivity contribution is 5.87. The van der Waals surface area contributed by atoms with Crippen molar-refractivity contribution < 1.29 is 19.4 Å². The molecule has 0 aliphatic rings. The first kappa shape index (κ1) is 21.8. The van der Waals surface area contributed by atoms with Gasteiger partial charge in [-0.1, -0.05) is 30.3 Å². The van der Waals surface area contributed by atoms with Crippen molar-refractivity contribution in [3.8, 4) is 0 Å². The smallest absolute Gasteiger partial charge is 0.328 e. The van der Waals surface area contributed by atoms with Crippen LogP contribution in [0, 0.1) is 10.1 Å². The fraction of sp³-hybridized carbons (Fsp3) is 0.438. The summed E-state index contributed by atoms with van der Waals surface area (Å²) in [5.41, 5.74) is 12.1. The lowest BCUT2D eigenvalue weighted by Crippen LogP contribution is -2.49. The van der Waals surface area contributed by atoms with Gasteiger partial charge in [0.2, 0.25) is 5.91 Å². The summed E-state index contributed by atoms with van der Waals surface area (Å²) >= 11 is 0. The number of amides is 1. The van der Waals surface area contributed by atoms with E-state index in [9.17, 15) is 19.7 Å². The molecule has 11 heteroatoms. The van der Waals surface area contributed by atoms with Gasteiger partial charge < -0.3 is 26.8 Å². The lowest BCUT2D eigenvalue weighted by Gasteiger charge is -2.19. The summed E-state index contributed by atoms with van der Waals surface area (Å²) < 4.78 is 4.69. The van der Waals surface area contributed by atoms with E-state index < -0.39 is 29.0 Å². The zero-order valence-electron chi connectivity index (χ0n) is 15.0. The van der Waals surface area contributed by atoms with Crippen molar-refractivity contribution in [3.05, 3.63) is 46.0 Å². The third kappa shape index (κ3) is 8.63. The van der Waals surface area contributed by atoms with E-state index in [-0.39, 0.29) is 18.9 Å². The van der Waals surface area contributed by atoms with Gasteiger partial charge in [-0.3, -0.25) is 4.79 Å². The fourth-order valence-corrected chi connectivity index (χ4v) is 2.28. The van der Waals surface area contributed by atoms with Gasteiger partial charge in [0.25, 0.3) is 5.96 Å². The van der Waals surface area contributed by atoms with Crippen LogP contribution in [0.5, 0.6) is 0 Å². The van der Waals surface area contributed by atoms with E-state index in [1.165, 1.54) is 7.11 Å². The van der Waals surface area contributed by atoms with Crippen LogP contribution in [0.1, 0.15) is 18.4 Å².